The van der Waals surface area contributed by atoms with Gasteiger partial charge in [-0.15, -0.1) is 6.42 Å². The summed E-state index contributed by atoms with van der Waals surface area (Å²) < 4.78 is 65.3. The van der Waals surface area contributed by atoms with E-state index >= 15 is 8.78 Å². The Morgan fingerprint density at radius 3 is 2.88 bits per heavy atom. The number of nitrogens with zero attached hydrogens (tertiary/aromatic N) is 6. The molecule has 4 aliphatic heterocycles. The molecular formula is C35H32F3N7O4. The number of hydrogen-bond acceptors (Lipinski definition) is 11. The highest BCUT2D eigenvalue weighted by Crippen LogP contribution is 2.46. The predicted octanol–water partition coefficient (Wildman–Crippen LogP) is 4.76. The highest BCUT2D eigenvalue weighted by atomic mass is 19.1. The summed E-state index contributed by atoms with van der Waals surface area (Å²) in [6, 6.07) is 5.27. The Kier molecular flexibility index (Phi) is 7.49. The van der Waals surface area contributed by atoms with E-state index in [-0.39, 0.29) is 102 Å². The first-order valence-corrected chi connectivity index (χ1v) is 15.9. The fourth-order valence-corrected chi connectivity index (χ4v) is 7.69. The van der Waals surface area contributed by atoms with Crippen molar-refractivity contribution < 1.29 is 32.2 Å². The first-order valence-electron chi connectivity index (χ1n) is 15.9. The summed E-state index contributed by atoms with van der Waals surface area (Å²) in [5.74, 6) is 1.46. The molecule has 4 aromatic rings. The molecule has 3 atom stereocenters. The Labute approximate surface area is 279 Å². The number of pyridine rings is 1. The van der Waals surface area contributed by atoms with Crippen LogP contribution in [0.3, 0.4) is 0 Å². The van der Waals surface area contributed by atoms with Gasteiger partial charge in [0, 0.05) is 29.6 Å². The SMILES string of the molecule is C#Cc1c(F)ccc2cc(N)cc(-c3nc4c5c(nc(OC(=C)[C@@]67CCCN6CC(F)C7)nc5c3F)N3C/C(=N\OC)COC[C@H]3CO4)c12. The van der Waals surface area contributed by atoms with Crippen LogP contribution < -0.4 is 20.1 Å². The maximum absolute atomic E-state index is 17.2. The molecule has 6 heterocycles. The minimum absolute atomic E-state index is 0.0379. The predicted molar refractivity (Wildman–Crippen MR) is 177 cm³/mol. The van der Waals surface area contributed by atoms with Crippen LogP contribution in [0, 0.1) is 24.0 Å². The lowest BCUT2D eigenvalue weighted by atomic mass is 9.92. The van der Waals surface area contributed by atoms with E-state index < -0.39 is 29.4 Å². The van der Waals surface area contributed by atoms with Crippen molar-refractivity contribution in [3.05, 3.63) is 53.8 Å². The van der Waals surface area contributed by atoms with E-state index in [2.05, 4.69) is 27.6 Å². The summed E-state index contributed by atoms with van der Waals surface area (Å²) in [6.07, 6.45) is 6.45. The molecule has 0 radical (unpaired) electrons. The number of alkyl halides is 1. The number of terminal acetylenes is 1. The van der Waals surface area contributed by atoms with Crippen LogP contribution in [-0.2, 0) is 9.57 Å². The standard InChI is InChI=1S/C35H32F3N7O4/c1-4-24-26(37)7-6-19-10-21(39)11-25(27(19)24)30-29(38)31-28-32(45-14-22(43-46-3)15-47-16-23(45)17-48-33(28)40-30)42-34(41-31)49-18(2)35-8-5-9-44(35)13-20(36)12-35/h1,6-7,10-11,20,23H,2,5,8-9,12-17,39H2,3H3/b43-22+/t20?,23-,35-/m0/s1. The fraction of sp³-hybridized carbons (Fsp3) is 0.371. The first-order chi connectivity index (χ1) is 23.7. The van der Waals surface area contributed by atoms with E-state index in [0.29, 0.717) is 24.1 Å². The van der Waals surface area contributed by atoms with Gasteiger partial charge in [-0.2, -0.15) is 9.97 Å². The number of benzene rings is 2. The number of nitrogen functional groups attached to an aromatic ring is 1. The lowest BCUT2D eigenvalue weighted by Crippen LogP contribution is -2.43. The Morgan fingerprint density at radius 1 is 1.20 bits per heavy atom. The molecule has 0 spiro atoms. The molecular weight excluding hydrogens is 639 g/mol. The van der Waals surface area contributed by atoms with Gasteiger partial charge in [0.15, 0.2) is 5.82 Å². The Bertz CT molecular complexity index is 2120. The molecule has 0 saturated carbocycles. The molecule has 0 bridgehead atoms. The van der Waals surface area contributed by atoms with Gasteiger partial charge >= 0.3 is 6.01 Å². The highest BCUT2D eigenvalue weighted by molar-refractivity contribution is 6.05. The number of halogens is 3. The second-order valence-electron chi connectivity index (χ2n) is 12.7. The molecule has 14 heteroatoms. The zero-order valence-corrected chi connectivity index (χ0v) is 26.6. The monoisotopic (exact) mass is 671 g/mol. The summed E-state index contributed by atoms with van der Waals surface area (Å²) >= 11 is 0. The molecule has 0 aliphatic carbocycles. The van der Waals surface area contributed by atoms with Crippen molar-refractivity contribution in [2.45, 2.75) is 37.0 Å². The Balaban J connectivity index is 1.36. The number of rotatable bonds is 5. The zero-order valence-electron chi connectivity index (χ0n) is 26.6. The van der Waals surface area contributed by atoms with Crippen molar-refractivity contribution in [2.24, 2.45) is 5.16 Å². The van der Waals surface area contributed by atoms with Crippen molar-refractivity contribution >= 4 is 38.9 Å². The third-order valence-electron chi connectivity index (χ3n) is 9.81. The number of ether oxygens (including phenoxy) is 3. The fourth-order valence-electron chi connectivity index (χ4n) is 7.69. The van der Waals surface area contributed by atoms with E-state index in [4.69, 9.17) is 36.2 Å². The van der Waals surface area contributed by atoms with Crippen LogP contribution in [0.4, 0.5) is 24.7 Å². The number of hydrogen-bond donors (Lipinski definition) is 1. The topological polar surface area (TPSA) is 120 Å². The quantitative estimate of drug-likeness (QED) is 0.138. The maximum Gasteiger partial charge on any atom is 0.324 e. The van der Waals surface area contributed by atoms with Gasteiger partial charge in [0.25, 0.3) is 0 Å². The molecule has 3 fully saturated rings. The molecule has 2 N–H and O–H groups in total. The third kappa shape index (κ3) is 4.98. The summed E-state index contributed by atoms with van der Waals surface area (Å²) in [5, 5.41) is 5.05. The van der Waals surface area contributed by atoms with E-state index in [1.165, 1.54) is 25.3 Å². The molecule has 4 aliphatic rings. The summed E-state index contributed by atoms with van der Waals surface area (Å²) in [6.45, 7) is 5.91. The maximum atomic E-state index is 17.2. The van der Waals surface area contributed by atoms with Crippen LogP contribution in [0.2, 0.25) is 0 Å². The van der Waals surface area contributed by atoms with Crippen molar-refractivity contribution in [3.8, 4) is 35.5 Å². The minimum Gasteiger partial charge on any atom is -0.475 e. The Morgan fingerprint density at radius 2 is 2.06 bits per heavy atom. The van der Waals surface area contributed by atoms with Crippen LogP contribution in [0.25, 0.3) is 32.9 Å². The van der Waals surface area contributed by atoms with Gasteiger partial charge in [0.2, 0.25) is 5.88 Å². The van der Waals surface area contributed by atoms with Crippen LogP contribution in [0.15, 0.2) is 41.8 Å². The second kappa shape index (κ2) is 11.8. The molecule has 0 amide bonds. The van der Waals surface area contributed by atoms with Gasteiger partial charge in [-0.3, -0.25) is 4.90 Å². The van der Waals surface area contributed by atoms with E-state index in [0.717, 1.165) is 6.42 Å². The molecule has 49 heavy (non-hydrogen) atoms. The number of oxime groups is 1. The van der Waals surface area contributed by atoms with Gasteiger partial charge in [-0.05, 0) is 43.0 Å². The molecule has 252 valence electrons. The van der Waals surface area contributed by atoms with Crippen LogP contribution in [0.1, 0.15) is 24.8 Å². The van der Waals surface area contributed by atoms with Crippen LogP contribution >= 0.6 is 0 Å². The van der Waals surface area contributed by atoms with Crippen LogP contribution in [0.5, 0.6) is 11.9 Å². The number of nitrogens with two attached hydrogens (primary N) is 1. The molecule has 8 rings (SSSR count). The average Bonchev–Trinajstić information content (AvgIpc) is 3.49. The normalized spacial score (nSPS) is 24.2. The molecule has 3 saturated heterocycles. The van der Waals surface area contributed by atoms with Gasteiger partial charge in [0.05, 0.1) is 36.9 Å². The largest absolute Gasteiger partial charge is 0.475 e. The summed E-state index contributed by atoms with van der Waals surface area (Å²) in [4.78, 5) is 23.0. The number of aromatic nitrogens is 3. The van der Waals surface area contributed by atoms with Crippen molar-refractivity contribution in [3.63, 3.8) is 0 Å². The summed E-state index contributed by atoms with van der Waals surface area (Å²) in [7, 11) is 1.44. The zero-order chi connectivity index (χ0) is 34.0. The molecule has 2 aromatic heterocycles. The third-order valence-corrected chi connectivity index (χ3v) is 9.81. The van der Waals surface area contributed by atoms with E-state index in [1.807, 2.05) is 9.80 Å². The van der Waals surface area contributed by atoms with Gasteiger partial charge in [-0.25, -0.2) is 18.2 Å². The Hall–Kier alpha value is -5.13. The van der Waals surface area contributed by atoms with Gasteiger partial charge in [-0.1, -0.05) is 23.7 Å². The number of anilines is 2. The molecule has 11 nitrogen and oxygen atoms in total. The van der Waals surface area contributed by atoms with Crippen molar-refractivity contribution in [1.29, 1.82) is 0 Å². The molecule has 2 aromatic carbocycles. The summed E-state index contributed by atoms with van der Waals surface area (Å²) in [5.41, 5.74) is 6.09. The van der Waals surface area contributed by atoms with Crippen molar-refractivity contribution in [1.82, 2.24) is 19.9 Å². The van der Waals surface area contributed by atoms with Crippen LogP contribution in [-0.4, -0.2) is 89.9 Å². The van der Waals surface area contributed by atoms with Gasteiger partial charge < -0.3 is 29.7 Å². The van der Waals surface area contributed by atoms with E-state index in [1.54, 1.807) is 6.07 Å². The average molecular weight is 672 g/mol. The molecule has 1 unspecified atom stereocenters. The van der Waals surface area contributed by atoms with Gasteiger partial charge in [0.1, 0.15) is 59.6 Å². The first kappa shape index (κ1) is 31.2. The lowest BCUT2D eigenvalue weighted by molar-refractivity contribution is 0.135. The van der Waals surface area contributed by atoms with E-state index in [9.17, 15) is 4.39 Å². The highest BCUT2D eigenvalue weighted by Gasteiger charge is 2.52. The second-order valence-corrected chi connectivity index (χ2v) is 12.7. The van der Waals surface area contributed by atoms with Crippen molar-refractivity contribution in [2.75, 3.05) is 57.2 Å². The lowest BCUT2D eigenvalue weighted by Gasteiger charge is -2.32. The smallest absolute Gasteiger partial charge is 0.324 e. The number of fused-ring (bicyclic) bond motifs is 4. The minimum atomic E-state index is -1.03.